The average molecular weight is 525 g/mol. The van der Waals surface area contributed by atoms with Gasteiger partial charge in [-0.25, -0.2) is 18.4 Å². The van der Waals surface area contributed by atoms with E-state index in [-0.39, 0.29) is 21.1 Å². The first kappa shape index (κ1) is 25.4. The number of nitrogens with zero attached hydrogens (tertiary/aromatic N) is 3. The lowest BCUT2D eigenvalue weighted by Gasteiger charge is -2.12. The molecule has 3 aromatic carbocycles. The van der Waals surface area contributed by atoms with Crippen LogP contribution < -0.4 is 5.32 Å². The number of nitrogens with one attached hydrogen (secondary N) is 1. The Labute approximate surface area is 221 Å². The molecule has 0 bridgehead atoms. The van der Waals surface area contributed by atoms with Crippen LogP contribution in [0.4, 0.5) is 5.82 Å². The second kappa shape index (κ2) is 10.6. The van der Waals surface area contributed by atoms with E-state index in [1.165, 1.54) is 6.08 Å². The van der Waals surface area contributed by atoms with Gasteiger partial charge in [0.1, 0.15) is 16.2 Å². The minimum Gasteiger partial charge on any atom is -0.309 e. The van der Waals surface area contributed by atoms with Crippen LogP contribution >= 0.6 is 0 Å². The van der Waals surface area contributed by atoms with E-state index in [2.05, 4.69) is 12.2 Å². The van der Waals surface area contributed by atoms with Crippen molar-refractivity contribution in [1.82, 2.24) is 14.5 Å². The molecule has 1 amide bonds. The number of para-hydroxylation sites is 2. The summed E-state index contributed by atoms with van der Waals surface area (Å²) >= 11 is 0. The molecule has 0 spiro atoms. The largest absolute Gasteiger partial charge is 0.309 e. The number of hydrogen-bond donors (Lipinski definition) is 1. The molecular weight excluding hydrogens is 496 g/mol. The Balaban J connectivity index is 1.74. The molecule has 7 nitrogen and oxygen atoms in total. The Bertz CT molecular complexity index is 1760. The van der Waals surface area contributed by atoms with E-state index in [1.807, 2.05) is 55.5 Å². The normalized spacial score (nSPS) is 11.9. The van der Waals surface area contributed by atoms with Gasteiger partial charge in [-0.05, 0) is 49.2 Å². The van der Waals surface area contributed by atoms with E-state index in [0.717, 1.165) is 24.0 Å². The molecule has 0 saturated carbocycles. The lowest BCUT2D eigenvalue weighted by molar-refractivity contribution is -0.111. The lowest BCUT2D eigenvalue weighted by Crippen LogP contribution is -2.16. The molecule has 38 heavy (non-hydrogen) atoms. The number of rotatable bonds is 8. The second-order valence-corrected chi connectivity index (χ2v) is 11.0. The van der Waals surface area contributed by atoms with Crippen molar-refractivity contribution in [2.45, 2.75) is 43.0 Å². The summed E-state index contributed by atoms with van der Waals surface area (Å²) in [7, 11) is -4.06. The smallest absolute Gasteiger partial charge is 0.249 e. The Hall–Kier alpha value is -4.30. The molecule has 192 valence electrons. The zero-order chi connectivity index (χ0) is 26.7. The fourth-order valence-corrected chi connectivity index (χ4v) is 5.85. The molecule has 0 aliphatic heterocycles. The monoisotopic (exact) mass is 524 g/mol. The van der Waals surface area contributed by atoms with Crippen molar-refractivity contribution in [3.05, 3.63) is 96.1 Å². The van der Waals surface area contributed by atoms with E-state index < -0.39 is 15.7 Å². The van der Waals surface area contributed by atoms with Gasteiger partial charge in [-0.2, -0.15) is 0 Å². The SMILES string of the molecule is CCCCn1c(NC(=O)/C=C/c2ccccc2)c(S(=O)(=O)c2ccc(C)cc2)c2nc3ccccc3nc21. The van der Waals surface area contributed by atoms with Crippen molar-refractivity contribution in [3.63, 3.8) is 0 Å². The summed E-state index contributed by atoms with van der Waals surface area (Å²) < 4.78 is 30.0. The van der Waals surface area contributed by atoms with E-state index in [4.69, 9.17) is 9.97 Å². The van der Waals surface area contributed by atoms with Crippen molar-refractivity contribution >= 4 is 49.8 Å². The fraction of sp³-hybridized carbons (Fsp3) is 0.167. The maximum absolute atomic E-state index is 14.1. The molecule has 0 atom stereocenters. The number of anilines is 1. The van der Waals surface area contributed by atoms with Crippen LogP contribution in [0, 0.1) is 6.92 Å². The minimum absolute atomic E-state index is 0.0489. The van der Waals surface area contributed by atoms with Gasteiger partial charge in [-0.15, -0.1) is 0 Å². The van der Waals surface area contributed by atoms with Gasteiger partial charge in [0.25, 0.3) is 0 Å². The number of amides is 1. The van der Waals surface area contributed by atoms with Crippen LogP contribution in [0.5, 0.6) is 0 Å². The number of hydrogen-bond acceptors (Lipinski definition) is 5. The molecule has 8 heteroatoms. The summed E-state index contributed by atoms with van der Waals surface area (Å²) in [4.78, 5) is 22.8. The topological polar surface area (TPSA) is 94.0 Å². The highest BCUT2D eigenvalue weighted by atomic mass is 32.2. The third kappa shape index (κ3) is 4.95. The van der Waals surface area contributed by atoms with E-state index in [1.54, 1.807) is 41.0 Å². The first-order valence-electron chi connectivity index (χ1n) is 12.5. The van der Waals surface area contributed by atoms with Gasteiger partial charge < -0.3 is 9.88 Å². The second-order valence-electron chi connectivity index (χ2n) is 9.12. The summed E-state index contributed by atoms with van der Waals surface area (Å²) in [5, 5.41) is 2.87. The Morgan fingerprint density at radius 3 is 2.26 bits per heavy atom. The maximum Gasteiger partial charge on any atom is 0.249 e. The van der Waals surface area contributed by atoms with Gasteiger partial charge in [0.15, 0.2) is 5.65 Å². The van der Waals surface area contributed by atoms with Crippen LogP contribution in [-0.4, -0.2) is 28.9 Å². The fourth-order valence-electron chi connectivity index (χ4n) is 4.31. The number of benzene rings is 3. The molecule has 0 saturated heterocycles. The maximum atomic E-state index is 14.1. The number of carbonyl (C=O) groups is 1. The van der Waals surface area contributed by atoms with Gasteiger partial charge >= 0.3 is 0 Å². The van der Waals surface area contributed by atoms with E-state index >= 15 is 0 Å². The van der Waals surface area contributed by atoms with Crippen LogP contribution in [0.25, 0.3) is 28.3 Å². The first-order valence-corrected chi connectivity index (χ1v) is 14.0. The predicted molar refractivity (Wildman–Crippen MR) is 151 cm³/mol. The molecule has 0 fully saturated rings. The molecule has 0 radical (unpaired) electrons. The molecule has 2 heterocycles. The van der Waals surface area contributed by atoms with Gasteiger partial charge in [-0.3, -0.25) is 4.79 Å². The van der Waals surface area contributed by atoms with Crippen molar-refractivity contribution < 1.29 is 13.2 Å². The zero-order valence-corrected chi connectivity index (χ0v) is 22.1. The van der Waals surface area contributed by atoms with Crippen LogP contribution in [0.3, 0.4) is 0 Å². The molecule has 0 aliphatic carbocycles. The minimum atomic E-state index is -4.06. The molecular formula is C30H28N4O3S. The van der Waals surface area contributed by atoms with E-state index in [9.17, 15) is 13.2 Å². The molecule has 0 unspecified atom stereocenters. The third-order valence-corrected chi connectivity index (χ3v) is 8.13. The lowest BCUT2D eigenvalue weighted by atomic mass is 10.2. The number of carbonyl (C=O) groups excluding carboxylic acids is 1. The molecule has 0 aliphatic rings. The standard InChI is InChI=1S/C30H28N4O3S/c1-3-4-20-34-29-27(31-24-12-8-9-13-25(24)32-29)28(38(36,37)23-17-14-21(2)15-18-23)30(34)33-26(35)19-16-22-10-6-5-7-11-22/h5-19H,3-4,20H2,1-2H3,(H,33,35)/b19-16+. The summed E-state index contributed by atoms with van der Waals surface area (Å²) in [6, 6.07) is 23.4. The van der Waals surface area contributed by atoms with Crippen molar-refractivity contribution in [3.8, 4) is 0 Å². The highest BCUT2D eigenvalue weighted by Crippen LogP contribution is 2.37. The molecule has 5 rings (SSSR count). The first-order chi connectivity index (χ1) is 18.4. The van der Waals surface area contributed by atoms with Crippen molar-refractivity contribution in [2.75, 3.05) is 5.32 Å². The molecule has 2 aromatic heterocycles. The van der Waals surface area contributed by atoms with Crippen molar-refractivity contribution in [2.24, 2.45) is 0 Å². The average Bonchev–Trinajstić information content (AvgIpc) is 3.22. The van der Waals surface area contributed by atoms with E-state index in [0.29, 0.717) is 23.2 Å². The summed E-state index contributed by atoms with van der Waals surface area (Å²) in [5.74, 6) is -0.272. The zero-order valence-electron chi connectivity index (χ0n) is 21.3. The van der Waals surface area contributed by atoms with Crippen LogP contribution in [-0.2, 0) is 21.2 Å². The molecule has 1 N–H and O–H groups in total. The number of sulfone groups is 1. The van der Waals surface area contributed by atoms with Gasteiger partial charge in [0.05, 0.1) is 15.9 Å². The highest BCUT2D eigenvalue weighted by molar-refractivity contribution is 7.92. The van der Waals surface area contributed by atoms with Crippen molar-refractivity contribution in [1.29, 1.82) is 0 Å². The summed E-state index contributed by atoms with van der Waals surface area (Å²) in [6.45, 7) is 4.42. The Morgan fingerprint density at radius 1 is 0.921 bits per heavy atom. The van der Waals surface area contributed by atoms with Crippen LogP contribution in [0.2, 0.25) is 0 Å². The highest BCUT2D eigenvalue weighted by Gasteiger charge is 2.32. The molecule has 5 aromatic rings. The Morgan fingerprint density at radius 2 is 1.58 bits per heavy atom. The third-order valence-electron chi connectivity index (χ3n) is 6.31. The number of aryl methyl sites for hydroxylation is 2. The van der Waals surface area contributed by atoms with Gasteiger partial charge in [-0.1, -0.05) is 73.5 Å². The number of fused-ring (bicyclic) bond motifs is 2. The van der Waals surface area contributed by atoms with Crippen LogP contribution in [0.15, 0.2) is 94.7 Å². The number of aromatic nitrogens is 3. The summed E-state index contributed by atoms with van der Waals surface area (Å²) in [6.07, 6.45) is 4.73. The summed E-state index contributed by atoms with van der Waals surface area (Å²) in [5.41, 5.74) is 3.69. The predicted octanol–water partition coefficient (Wildman–Crippen LogP) is 6.18. The van der Waals surface area contributed by atoms with Crippen LogP contribution in [0.1, 0.15) is 30.9 Å². The number of unbranched alkanes of at least 4 members (excludes halogenated alkanes) is 1. The van der Waals surface area contributed by atoms with Gasteiger partial charge in [0.2, 0.25) is 15.7 Å². The quantitative estimate of drug-likeness (QED) is 0.245. The van der Waals surface area contributed by atoms with Gasteiger partial charge in [0, 0.05) is 12.6 Å². The Kier molecular flexibility index (Phi) is 7.07.